The van der Waals surface area contributed by atoms with Gasteiger partial charge in [-0.15, -0.1) is 0 Å². The van der Waals surface area contributed by atoms with Crippen molar-refractivity contribution in [2.24, 2.45) is 5.73 Å². The molecular weight excluding hydrogens is 260 g/mol. The Bertz CT molecular complexity index is 612. The van der Waals surface area contributed by atoms with Crippen molar-refractivity contribution in [3.63, 3.8) is 0 Å². The number of nitrogens with two attached hydrogens (primary N) is 1. The maximum absolute atomic E-state index is 6.21. The SMILES string of the molecule is COCc1cccc(CNC2CC(N)c3ccccc32)c1. The van der Waals surface area contributed by atoms with Gasteiger partial charge in [0.25, 0.3) is 0 Å². The van der Waals surface area contributed by atoms with Crippen LogP contribution in [0.5, 0.6) is 0 Å². The van der Waals surface area contributed by atoms with Gasteiger partial charge in [-0.25, -0.2) is 0 Å². The molecule has 0 saturated carbocycles. The zero-order valence-electron chi connectivity index (χ0n) is 12.4. The van der Waals surface area contributed by atoms with Gasteiger partial charge in [0.2, 0.25) is 0 Å². The van der Waals surface area contributed by atoms with Crippen molar-refractivity contribution in [3.8, 4) is 0 Å². The summed E-state index contributed by atoms with van der Waals surface area (Å²) in [7, 11) is 1.72. The van der Waals surface area contributed by atoms with E-state index < -0.39 is 0 Å². The molecule has 0 saturated heterocycles. The average Bonchev–Trinajstić information content (AvgIpc) is 2.83. The molecule has 0 bridgehead atoms. The average molecular weight is 282 g/mol. The molecule has 0 radical (unpaired) electrons. The van der Waals surface area contributed by atoms with Crippen LogP contribution in [0.4, 0.5) is 0 Å². The van der Waals surface area contributed by atoms with Crippen LogP contribution in [0, 0.1) is 0 Å². The van der Waals surface area contributed by atoms with Crippen molar-refractivity contribution < 1.29 is 4.74 Å². The highest BCUT2D eigenvalue weighted by molar-refractivity contribution is 5.37. The van der Waals surface area contributed by atoms with Crippen molar-refractivity contribution in [3.05, 3.63) is 70.8 Å². The van der Waals surface area contributed by atoms with Gasteiger partial charge >= 0.3 is 0 Å². The fourth-order valence-corrected chi connectivity index (χ4v) is 3.10. The van der Waals surface area contributed by atoms with Gasteiger partial charge in [0, 0.05) is 25.7 Å². The summed E-state index contributed by atoms with van der Waals surface area (Å²) in [6.45, 7) is 1.51. The first-order valence-electron chi connectivity index (χ1n) is 7.42. The Labute approximate surface area is 126 Å². The van der Waals surface area contributed by atoms with Crippen LogP contribution in [0.25, 0.3) is 0 Å². The molecule has 3 N–H and O–H groups in total. The van der Waals surface area contributed by atoms with Gasteiger partial charge in [0.1, 0.15) is 0 Å². The molecule has 0 heterocycles. The van der Waals surface area contributed by atoms with E-state index >= 15 is 0 Å². The molecule has 0 amide bonds. The molecule has 3 nitrogen and oxygen atoms in total. The largest absolute Gasteiger partial charge is 0.380 e. The number of hydrogen-bond acceptors (Lipinski definition) is 3. The molecule has 0 aliphatic heterocycles. The normalized spacial score (nSPS) is 20.5. The minimum Gasteiger partial charge on any atom is -0.380 e. The molecule has 2 aromatic carbocycles. The molecule has 0 spiro atoms. The topological polar surface area (TPSA) is 47.3 Å². The number of fused-ring (bicyclic) bond motifs is 1. The molecule has 0 aromatic heterocycles. The van der Waals surface area contributed by atoms with Crippen LogP contribution in [-0.4, -0.2) is 7.11 Å². The first kappa shape index (κ1) is 14.3. The highest BCUT2D eigenvalue weighted by Crippen LogP contribution is 2.37. The van der Waals surface area contributed by atoms with Crippen LogP contribution in [0.3, 0.4) is 0 Å². The van der Waals surface area contributed by atoms with E-state index in [0.717, 1.165) is 13.0 Å². The lowest BCUT2D eigenvalue weighted by atomic mass is 10.1. The van der Waals surface area contributed by atoms with Crippen LogP contribution in [0.15, 0.2) is 48.5 Å². The molecule has 0 fully saturated rings. The third-order valence-corrected chi connectivity index (χ3v) is 4.12. The number of nitrogens with one attached hydrogen (secondary N) is 1. The highest BCUT2D eigenvalue weighted by Gasteiger charge is 2.27. The molecule has 2 atom stereocenters. The van der Waals surface area contributed by atoms with Gasteiger partial charge in [0.05, 0.1) is 6.61 Å². The van der Waals surface area contributed by atoms with E-state index in [1.165, 1.54) is 22.3 Å². The summed E-state index contributed by atoms with van der Waals surface area (Å²) in [5.41, 5.74) is 11.3. The van der Waals surface area contributed by atoms with E-state index in [9.17, 15) is 0 Å². The van der Waals surface area contributed by atoms with Crippen LogP contribution >= 0.6 is 0 Å². The van der Waals surface area contributed by atoms with Gasteiger partial charge < -0.3 is 15.8 Å². The van der Waals surface area contributed by atoms with Crippen LogP contribution < -0.4 is 11.1 Å². The molecule has 2 aromatic rings. The summed E-state index contributed by atoms with van der Waals surface area (Å²) in [6.07, 6.45) is 0.969. The van der Waals surface area contributed by atoms with Crippen LogP contribution in [0.1, 0.15) is 40.8 Å². The fourth-order valence-electron chi connectivity index (χ4n) is 3.10. The Hall–Kier alpha value is -1.68. The zero-order chi connectivity index (χ0) is 14.7. The number of methoxy groups -OCH3 is 1. The first-order valence-corrected chi connectivity index (χ1v) is 7.42. The maximum atomic E-state index is 6.21. The van der Waals surface area contributed by atoms with Crippen molar-refractivity contribution >= 4 is 0 Å². The summed E-state index contributed by atoms with van der Waals surface area (Å²) >= 11 is 0. The van der Waals surface area contributed by atoms with Crippen molar-refractivity contribution in [1.82, 2.24) is 5.32 Å². The van der Waals surface area contributed by atoms with Gasteiger partial charge in [0.15, 0.2) is 0 Å². The Kier molecular flexibility index (Phi) is 4.34. The molecule has 1 aliphatic rings. The maximum Gasteiger partial charge on any atom is 0.0713 e. The van der Waals surface area contributed by atoms with Crippen LogP contribution in [0.2, 0.25) is 0 Å². The lowest BCUT2D eigenvalue weighted by molar-refractivity contribution is 0.185. The molecule has 1 aliphatic carbocycles. The summed E-state index contributed by atoms with van der Waals surface area (Å²) < 4.78 is 5.18. The lowest BCUT2D eigenvalue weighted by Gasteiger charge is -2.14. The van der Waals surface area contributed by atoms with Crippen LogP contribution in [-0.2, 0) is 17.9 Å². The van der Waals surface area contributed by atoms with Crippen molar-refractivity contribution in [1.29, 1.82) is 0 Å². The van der Waals surface area contributed by atoms with E-state index in [-0.39, 0.29) is 6.04 Å². The molecule has 110 valence electrons. The third-order valence-electron chi connectivity index (χ3n) is 4.12. The van der Waals surface area contributed by atoms with Gasteiger partial charge in [-0.2, -0.15) is 0 Å². The molecular formula is C18H22N2O. The Balaban J connectivity index is 1.67. The summed E-state index contributed by atoms with van der Waals surface area (Å²) in [4.78, 5) is 0. The standard InChI is InChI=1S/C18H22N2O/c1-21-12-14-6-4-5-13(9-14)11-20-18-10-17(19)15-7-2-3-8-16(15)18/h2-9,17-18,20H,10-12,19H2,1H3. The molecule has 21 heavy (non-hydrogen) atoms. The monoisotopic (exact) mass is 282 g/mol. The molecule has 2 unspecified atom stereocenters. The van der Waals surface area contributed by atoms with E-state index in [0.29, 0.717) is 12.6 Å². The zero-order valence-corrected chi connectivity index (χ0v) is 12.4. The molecule has 3 rings (SSSR count). The lowest BCUT2D eigenvalue weighted by Crippen LogP contribution is -2.19. The summed E-state index contributed by atoms with van der Waals surface area (Å²) in [5, 5.41) is 3.63. The predicted octanol–water partition coefficient (Wildman–Crippen LogP) is 3.07. The van der Waals surface area contributed by atoms with Gasteiger partial charge in [-0.3, -0.25) is 0 Å². The van der Waals surface area contributed by atoms with E-state index in [1.54, 1.807) is 7.11 Å². The Morgan fingerprint density at radius 3 is 2.67 bits per heavy atom. The minimum absolute atomic E-state index is 0.151. The number of rotatable bonds is 5. The Morgan fingerprint density at radius 2 is 1.86 bits per heavy atom. The molecule has 3 heteroatoms. The van der Waals surface area contributed by atoms with Gasteiger partial charge in [-0.05, 0) is 28.7 Å². The fraction of sp³-hybridized carbons (Fsp3) is 0.333. The minimum atomic E-state index is 0.151. The second kappa shape index (κ2) is 6.39. The Morgan fingerprint density at radius 1 is 1.10 bits per heavy atom. The predicted molar refractivity (Wildman–Crippen MR) is 84.7 cm³/mol. The van der Waals surface area contributed by atoms with Gasteiger partial charge in [-0.1, -0.05) is 48.5 Å². The quantitative estimate of drug-likeness (QED) is 0.886. The second-order valence-corrected chi connectivity index (χ2v) is 5.66. The summed E-state index contributed by atoms with van der Waals surface area (Å²) in [6, 6.07) is 17.5. The van der Waals surface area contributed by atoms with E-state index in [4.69, 9.17) is 10.5 Å². The third kappa shape index (κ3) is 3.16. The second-order valence-electron chi connectivity index (χ2n) is 5.66. The van der Waals surface area contributed by atoms with Crippen molar-refractivity contribution in [2.45, 2.75) is 31.7 Å². The smallest absolute Gasteiger partial charge is 0.0713 e. The summed E-state index contributed by atoms with van der Waals surface area (Å²) in [5.74, 6) is 0. The van der Waals surface area contributed by atoms with E-state index in [2.05, 4.69) is 53.8 Å². The van der Waals surface area contributed by atoms with E-state index in [1.807, 2.05) is 0 Å². The number of hydrogen-bond donors (Lipinski definition) is 2. The number of ether oxygens (including phenoxy) is 1. The first-order chi connectivity index (χ1) is 10.3. The van der Waals surface area contributed by atoms with Crippen molar-refractivity contribution in [2.75, 3.05) is 7.11 Å². The number of benzene rings is 2. The highest BCUT2D eigenvalue weighted by atomic mass is 16.5.